The number of amides is 1. The molecular weight excluding hydrogens is 346 g/mol. The molecule has 2 aromatic rings. The van der Waals surface area contributed by atoms with Crippen LogP contribution in [-0.4, -0.2) is 22.6 Å². The van der Waals surface area contributed by atoms with Crippen molar-refractivity contribution in [2.24, 2.45) is 0 Å². The van der Waals surface area contributed by atoms with E-state index in [1.807, 2.05) is 45.0 Å². The van der Waals surface area contributed by atoms with Gasteiger partial charge in [-0.05, 0) is 34.5 Å². The standard InChI is InChI=1S/C16H18BrN3O2/c1-16(2,3)15-18-13(22-19-15)10-8-9-20(14(10)21)12-7-5-4-6-11(12)17/h4-7,10H,8-9H2,1-3H3/t10-/m1/s1. The first-order valence-corrected chi connectivity index (χ1v) is 8.07. The van der Waals surface area contributed by atoms with E-state index in [1.165, 1.54) is 0 Å². The molecule has 6 heteroatoms. The zero-order chi connectivity index (χ0) is 15.9. The number of carbonyl (C=O) groups excluding carboxylic acids is 1. The molecule has 1 amide bonds. The highest BCUT2D eigenvalue weighted by atomic mass is 79.9. The molecule has 3 rings (SSSR count). The lowest BCUT2D eigenvalue weighted by Gasteiger charge is -2.17. The summed E-state index contributed by atoms with van der Waals surface area (Å²) < 4.78 is 6.25. The van der Waals surface area contributed by atoms with Crippen LogP contribution < -0.4 is 4.90 Å². The van der Waals surface area contributed by atoms with Crippen molar-refractivity contribution in [2.45, 2.75) is 38.5 Å². The van der Waals surface area contributed by atoms with Crippen molar-refractivity contribution in [3.8, 4) is 0 Å². The Kier molecular flexibility index (Phi) is 3.80. The largest absolute Gasteiger partial charge is 0.338 e. The van der Waals surface area contributed by atoms with Gasteiger partial charge in [-0.25, -0.2) is 0 Å². The van der Waals surface area contributed by atoms with Gasteiger partial charge in [0.1, 0.15) is 5.92 Å². The lowest BCUT2D eigenvalue weighted by molar-refractivity contribution is -0.118. The topological polar surface area (TPSA) is 59.2 Å². The summed E-state index contributed by atoms with van der Waals surface area (Å²) >= 11 is 3.49. The SMILES string of the molecule is CC(C)(C)c1noc([C@H]2CCN(c3ccccc3Br)C2=O)n1. The third-order valence-corrected chi connectivity index (χ3v) is 4.43. The molecule has 22 heavy (non-hydrogen) atoms. The maximum absolute atomic E-state index is 12.7. The zero-order valence-corrected chi connectivity index (χ0v) is 14.4. The first kappa shape index (κ1) is 15.2. The summed E-state index contributed by atoms with van der Waals surface area (Å²) in [5.41, 5.74) is 0.691. The van der Waals surface area contributed by atoms with Crippen molar-refractivity contribution in [3.05, 3.63) is 40.5 Å². The van der Waals surface area contributed by atoms with Crippen LogP contribution in [-0.2, 0) is 10.2 Å². The number of hydrogen-bond donors (Lipinski definition) is 0. The van der Waals surface area contributed by atoms with Crippen molar-refractivity contribution < 1.29 is 9.32 Å². The molecule has 5 nitrogen and oxygen atoms in total. The Balaban J connectivity index is 1.85. The van der Waals surface area contributed by atoms with Gasteiger partial charge < -0.3 is 9.42 Å². The number of para-hydroxylation sites is 1. The molecule has 1 atom stereocenters. The molecule has 1 saturated heterocycles. The monoisotopic (exact) mass is 363 g/mol. The fourth-order valence-electron chi connectivity index (χ4n) is 2.50. The molecule has 116 valence electrons. The number of anilines is 1. The first-order chi connectivity index (χ1) is 10.4. The Morgan fingerprint density at radius 1 is 1.32 bits per heavy atom. The third-order valence-electron chi connectivity index (χ3n) is 3.76. The van der Waals surface area contributed by atoms with Gasteiger partial charge in [-0.1, -0.05) is 38.1 Å². The second-order valence-corrected chi connectivity index (χ2v) is 7.34. The second-order valence-electron chi connectivity index (χ2n) is 6.49. The van der Waals surface area contributed by atoms with E-state index in [0.717, 1.165) is 10.2 Å². The number of halogens is 1. The van der Waals surface area contributed by atoms with Crippen LogP contribution in [0.4, 0.5) is 5.69 Å². The van der Waals surface area contributed by atoms with Gasteiger partial charge in [0.15, 0.2) is 5.82 Å². The fourth-order valence-corrected chi connectivity index (χ4v) is 3.00. The Labute approximate surface area is 137 Å². The maximum Gasteiger partial charge on any atom is 0.239 e. The summed E-state index contributed by atoms with van der Waals surface area (Å²) in [6, 6.07) is 7.71. The first-order valence-electron chi connectivity index (χ1n) is 7.28. The highest BCUT2D eigenvalue weighted by molar-refractivity contribution is 9.10. The summed E-state index contributed by atoms with van der Waals surface area (Å²) in [4.78, 5) is 18.9. The van der Waals surface area contributed by atoms with Gasteiger partial charge in [-0.3, -0.25) is 4.79 Å². The third kappa shape index (κ3) is 2.67. The van der Waals surface area contributed by atoms with Crippen LogP contribution in [0.25, 0.3) is 0 Å². The molecular formula is C16H18BrN3O2. The van der Waals surface area contributed by atoms with E-state index in [0.29, 0.717) is 24.7 Å². The van der Waals surface area contributed by atoms with Gasteiger partial charge in [0.25, 0.3) is 0 Å². The number of rotatable bonds is 2. The van der Waals surface area contributed by atoms with E-state index in [1.54, 1.807) is 4.90 Å². The normalized spacial score (nSPS) is 19.0. The molecule has 1 aliphatic rings. The van der Waals surface area contributed by atoms with Gasteiger partial charge in [-0.15, -0.1) is 0 Å². The Morgan fingerprint density at radius 3 is 2.68 bits per heavy atom. The Morgan fingerprint density at radius 2 is 2.05 bits per heavy atom. The number of aromatic nitrogens is 2. The van der Waals surface area contributed by atoms with Crippen LogP contribution in [0.1, 0.15) is 44.8 Å². The lowest BCUT2D eigenvalue weighted by atomic mass is 9.96. The van der Waals surface area contributed by atoms with Crippen molar-refractivity contribution >= 4 is 27.5 Å². The molecule has 0 unspecified atom stereocenters. The van der Waals surface area contributed by atoms with Gasteiger partial charge in [-0.2, -0.15) is 4.98 Å². The molecule has 0 spiro atoms. The summed E-state index contributed by atoms with van der Waals surface area (Å²) in [6.45, 7) is 6.71. The second kappa shape index (κ2) is 5.50. The molecule has 1 fully saturated rings. The number of carbonyl (C=O) groups is 1. The van der Waals surface area contributed by atoms with E-state index >= 15 is 0 Å². The minimum atomic E-state index is -0.351. The van der Waals surface area contributed by atoms with Crippen LogP contribution in [0.15, 0.2) is 33.3 Å². The predicted molar refractivity (Wildman–Crippen MR) is 86.9 cm³/mol. The smallest absolute Gasteiger partial charge is 0.239 e. The van der Waals surface area contributed by atoms with Crippen LogP contribution in [0, 0.1) is 0 Å². The zero-order valence-electron chi connectivity index (χ0n) is 12.8. The van der Waals surface area contributed by atoms with Gasteiger partial charge in [0, 0.05) is 16.4 Å². The Bertz CT molecular complexity index is 705. The molecule has 2 heterocycles. The average Bonchev–Trinajstić information content (AvgIpc) is 3.05. The minimum Gasteiger partial charge on any atom is -0.338 e. The highest BCUT2D eigenvalue weighted by Crippen LogP contribution is 2.35. The average molecular weight is 364 g/mol. The van der Waals surface area contributed by atoms with E-state index in [2.05, 4.69) is 26.1 Å². The quantitative estimate of drug-likeness (QED) is 0.816. The van der Waals surface area contributed by atoms with Crippen molar-refractivity contribution in [3.63, 3.8) is 0 Å². The number of benzene rings is 1. The number of hydrogen-bond acceptors (Lipinski definition) is 4. The molecule has 1 aliphatic heterocycles. The lowest BCUT2D eigenvalue weighted by Crippen LogP contribution is -2.26. The van der Waals surface area contributed by atoms with E-state index < -0.39 is 0 Å². The molecule has 0 aliphatic carbocycles. The minimum absolute atomic E-state index is 0.0102. The summed E-state index contributed by atoms with van der Waals surface area (Å²) in [6.07, 6.45) is 0.686. The molecule has 0 radical (unpaired) electrons. The van der Waals surface area contributed by atoms with E-state index in [9.17, 15) is 4.79 Å². The molecule has 0 bridgehead atoms. The van der Waals surface area contributed by atoms with E-state index in [-0.39, 0.29) is 17.2 Å². The summed E-state index contributed by atoms with van der Waals surface area (Å²) in [5, 5.41) is 4.02. The van der Waals surface area contributed by atoms with Crippen LogP contribution in [0.5, 0.6) is 0 Å². The fraction of sp³-hybridized carbons (Fsp3) is 0.438. The van der Waals surface area contributed by atoms with Crippen molar-refractivity contribution in [1.29, 1.82) is 0 Å². The van der Waals surface area contributed by atoms with Crippen molar-refractivity contribution in [2.75, 3.05) is 11.4 Å². The molecule has 0 N–H and O–H groups in total. The maximum atomic E-state index is 12.7. The van der Waals surface area contributed by atoms with Crippen LogP contribution >= 0.6 is 15.9 Å². The Hall–Kier alpha value is -1.69. The van der Waals surface area contributed by atoms with Gasteiger partial charge >= 0.3 is 0 Å². The number of nitrogens with zero attached hydrogens (tertiary/aromatic N) is 3. The molecule has 0 saturated carbocycles. The van der Waals surface area contributed by atoms with Gasteiger partial charge in [0.05, 0.1) is 5.69 Å². The summed E-state index contributed by atoms with van der Waals surface area (Å²) in [7, 11) is 0. The van der Waals surface area contributed by atoms with E-state index in [4.69, 9.17) is 4.52 Å². The molecule has 1 aromatic heterocycles. The molecule has 1 aromatic carbocycles. The highest BCUT2D eigenvalue weighted by Gasteiger charge is 2.38. The van der Waals surface area contributed by atoms with Crippen molar-refractivity contribution in [1.82, 2.24) is 10.1 Å². The van der Waals surface area contributed by atoms with Crippen LogP contribution in [0.2, 0.25) is 0 Å². The predicted octanol–water partition coefficient (Wildman–Crippen LogP) is 3.65. The van der Waals surface area contributed by atoms with Gasteiger partial charge in [0.2, 0.25) is 11.8 Å². The van der Waals surface area contributed by atoms with Crippen LogP contribution in [0.3, 0.4) is 0 Å². The summed E-state index contributed by atoms with van der Waals surface area (Å²) in [5.74, 6) is 0.714.